The third-order valence-corrected chi connectivity index (χ3v) is 42.6. The van der Waals surface area contributed by atoms with Crippen molar-refractivity contribution in [3.05, 3.63) is 39.0 Å². The number of benzene rings is 1. The van der Waals surface area contributed by atoms with Crippen LogP contribution < -0.4 is 0 Å². The quantitative estimate of drug-likeness (QED) is 0.451. The molecule has 0 heterocycles. The molecule has 1 aromatic carbocycles. The molecule has 0 spiro atoms. The van der Waals surface area contributed by atoms with Crippen molar-refractivity contribution in [3.8, 4) is 0 Å². The fourth-order valence-electron chi connectivity index (χ4n) is 2.82. The molecular weight excluding hydrogens is 475 g/mol. The summed E-state index contributed by atoms with van der Waals surface area (Å²) in [5, 5.41) is 0. The summed E-state index contributed by atoms with van der Waals surface area (Å²) < 4.78 is 4.88. The molecule has 0 fully saturated rings. The molecular formula is C17H31HgNSi2. The first-order chi connectivity index (χ1) is 9.51. The molecule has 4 heteroatoms. The van der Waals surface area contributed by atoms with Gasteiger partial charge in [-0.3, -0.25) is 0 Å². The molecule has 1 nitrogen and oxygen atoms in total. The van der Waals surface area contributed by atoms with Crippen molar-refractivity contribution < 1.29 is 24.9 Å². The zero-order chi connectivity index (χ0) is 16.3. The number of hydrogen-bond donors (Lipinski definition) is 0. The van der Waals surface area contributed by atoms with Crippen LogP contribution in [0.5, 0.6) is 0 Å². The van der Waals surface area contributed by atoms with Crippen LogP contribution in [-0.2, 0) is 24.9 Å². The van der Waals surface area contributed by atoms with Crippen LogP contribution in [0.2, 0.25) is 39.3 Å². The van der Waals surface area contributed by atoms with Crippen LogP contribution in [0.25, 0.3) is 6.08 Å². The molecule has 0 aliphatic carbocycles. The van der Waals surface area contributed by atoms with Crippen LogP contribution in [0, 0.1) is 5.92 Å². The second-order valence-corrected chi connectivity index (χ2v) is 30.2. The predicted molar refractivity (Wildman–Crippen MR) is 97.8 cm³/mol. The third kappa shape index (κ3) is 6.51. The predicted octanol–water partition coefficient (Wildman–Crippen LogP) is 5.65. The average molecular weight is 506 g/mol. The van der Waals surface area contributed by atoms with E-state index in [1.54, 1.807) is 3.08 Å². The van der Waals surface area contributed by atoms with E-state index in [2.05, 4.69) is 91.5 Å². The number of nitrogens with zero attached hydrogens (tertiary/aromatic N) is 1. The van der Waals surface area contributed by atoms with Gasteiger partial charge in [0.25, 0.3) is 0 Å². The Kier molecular flexibility index (Phi) is 7.10. The van der Waals surface area contributed by atoms with Gasteiger partial charge in [-0.15, -0.1) is 0 Å². The molecule has 1 rings (SSSR count). The van der Waals surface area contributed by atoms with Crippen LogP contribution in [0.3, 0.4) is 0 Å². The normalized spacial score (nSPS) is 13.7. The fourth-order valence-corrected chi connectivity index (χ4v) is 30.2. The first kappa shape index (κ1) is 19.3. The summed E-state index contributed by atoms with van der Waals surface area (Å²) in [7, 11) is -2.39. The van der Waals surface area contributed by atoms with Gasteiger partial charge in [-0.25, -0.2) is 0 Å². The molecule has 0 unspecified atom stereocenters. The summed E-state index contributed by atoms with van der Waals surface area (Å²) in [5.74, 6) is 0.696. The van der Waals surface area contributed by atoms with E-state index in [1.807, 2.05) is 0 Å². The molecule has 0 radical (unpaired) electrons. The molecule has 1 aromatic rings. The first-order valence-electron chi connectivity index (χ1n) is 8.05. The van der Waals surface area contributed by atoms with Crippen molar-refractivity contribution in [2.24, 2.45) is 5.92 Å². The van der Waals surface area contributed by atoms with Crippen molar-refractivity contribution in [2.45, 2.75) is 53.1 Å². The van der Waals surface area contributed by atoms with Gasteiger partial charge in [0.05, 0.1) is 0 Å². The van der Waals surface area contributed by atoms with Gasteiger partial charge in [0, 0.05) is 0 Å². The van der Waals surface area contributed by atoms with E-state index in [0.29, 0.717) is 5.92 Å². The Morgan fingerprint density at radius 1 is 0.952 bits per heavy atom. The molecule has 0 amide bonds. The molecule has 0 bridgehead atoms. The zero-order valence-electron chi connectivity index (χ0n) is 15.2. The Balaban J connectivity index is 3.10. The topological polar surface area (TPSA) is 3.24 Å². The minimum absolute atomic E-state index is 0.696. The number of allylic oxidation sites excluding steroid dienone is 1. The van der Waals surface area contributed by atoms with Crippen molar-refractivity contribution in [2.75, 3.05) is 0 Å². The molecule has 0 saturated carbocycles. The number of rotatable bonds is 6. The summed E-state index contributed by atoms with van der Waals surface area (Å²) in [6.07, 6.45) is 2.50. The SMILES string of the molecule is CC(C)/[C](=C\c1ccccc1)[Hg][N]([Si](C)(C)C)[Si](C)(C)C. The van der Waals surface area contributed by atoms with Gasteiger partial charge in [-0.1, -0.05) is 0 Å². The molecule has 0 aliphatic heterocycles. The number of hydrogen-bond acceptors (Lipinski definition) is 1. The van der Waals surface area contributed by atoms with Crippen molar-refractivity contribution in [3.63, 3.8) is 0 Å². The van der Waals surface area contributed by atoms with Crippen LogP contribution in [0.15, 0.2) is 33.4 Å². The van der Waals surface area contributed by atoms with E-state index in [4.69, 9.17) is 0 Å². The molecule has 114 valence electrons. The maximum atomic E-state index is 3.09. The summed E-state index contributed by atoms with van der Waals surface area (Å²) in [6.45, 7) is 20.0. The van der Waals surface area contributed by atoms with Crippen LogP contribution in [0.4, 0.5) is 0 Å². The van der Waals surface area contributed by atoms with E-state index in [9.17, 15) is 0 Å². The first-order valence-corrected chi connectivity index (χ1v) is 20.2. The summed E-state index contributed by atoms with van der Waals surface area (Å²) in [5.41, 5.74) is 1.38. The van der Waals surface area contributed by atoms with Crippen molar-refractivity contribution >= 4 is 22.5 Å². The van der Waals surface area contributed by atoms with Gasteiger partial charge in [-0.2, -0.15) is 0 Å². The van der Waals surface area contributed by atoms with Crippen molar-refractivity contribution in [1.82, 2.24) is 2.00 Å². The molecule has 0 atom stereocenters. The second kappa shape index (κ2) is 7.71. The summed E-state index contributed by atoms with van der Waals surface area (Å²) in [4.78, 5) is 0. The van der Waals surface area contributed by atoms with Crippen LogP contribution >= 0.6 is 0 Å². The van der Waals surface area contributed by atoms with E-state index in [0.717, 1.165) is 0 Å². The molecule has 0 aromatic heterocycles. The summed E-state index contributed by atoms with van der Waals surface area (Å²) >= 11 is -1.23. The molecule has 0 aliphatic rings. The Bertz CT molecular complexity index is 456. The fraction of sp³-hybridized carbons (Fsp3) is 0.529. The average Bonchev–Trinajstić information content (AvgIpc) is 2.32. The van der Waals surface area contributed by atoms with Crippen molar-refractivity contribution in [1.29, 1.82) is 0 Å². The van der Waals surface area contributed by atoms with Gasteiger partial charge in [-0.05, 0) is 0 Å². The Morgan fingerprint density at radius 3 is 1.81 bits per heavy atom. The monoisotopic (exact) mass is 507 g/mol. The third-order valence-electron chi connectivity index (χ3n) is 3.85. The maximum absolute atomic E-state index is 3.09. The van der Waals surface area contributed by atoms with Crippen LogP contribution in [-0.4, -0.2) is 18.5 Å². The zero-order valence-corrected chi connectivity index (χ0v) is 22.7. The van der Waals surface area contributed by atoms with E-state index >= 15 is 0 Å². The van der Waals surface area contributed by atoms with Crippen LogP contribution in [0.1, 0.15) is 19.4 Å². The molecule has 21 heavy (non-hydrogen) atoms. The van der Waals surface area contributed by atoms with Gasteiger partial charge in [0.2, 0.25) is 0 Å². The van der Waals surface area contributed by atoms with E-state index in [-0.39, 0.29) is 0 Å². The second-order valence-electron chi connectivity index (χ2n) is 8.21. The van der Waals surface area contributed by atoms with E-state index in [1.165, 1.54) is 5.56 Å². The van der Waals surface area contributed by atoms with Gasteiger partial charge in [0.15, 0.2) is 0 Å². The van der Waals surface area contributed by atoms with E-state index < -0.39 is 41.3 Å². The van der Waals surface area contributed by atoms with Gasteiger partial charge < -0.3 is 0 Å². The Labute approximate surface area is 146 Å². The van der Waals surface area contributed by atoms with Gasteiger partial charge in [0.1, 0.15) is 0 Å². The minimum atomic E-state index is -1.23. The van der Waals surface area contributed by atoms with Gasteiger partial charge >= 0.3 is 147 Å². The standard InChI is InChI=1S/C11H13.C6H18NSi2.Hg/c1-10(2)8-9-11-6-4-3-5-7-11;1-8(2,3)7-9(4,5)6;/h3-7,9-10H,1-2H3;1-6H3;/q;-1;+1. The Morgan fingerprint density at radius 2 is 1.43 bits per heavy atom. The molecule has 0 saturated heterocycles. The Hall–Kier alpha value is 0.289. The molecule has 0 N–H and O–H groups in total. The summed E-state index contributed by atoms with van der Waals surface area (Å²) in [6, 6.07) is 10.9.